The van der Waals surface area contributed by atoms with Gasteiger partial charge in [-0.05, 0) is 40.3 Å². The standard InChI is InChI=1S/C16H19NOS/c1-16(2)13-6-9-19-15(13)12-5-4-11(10-14(12)16)17(3)7-8-18/h4-6,9-10,18H,7-8H2,1-3H3. The van der Waals surface area contributed by atoms with Gasteiger partial charge in [0.05, 0.1) is 6.61 Å². The van der Waals surface area contributed by atoms with E-state index < -0.39 is 0 Å². The van der Waals surface area contributed by atoms with E-state index in [2.05, 4.69) is 48.4 Å². The van der Waals surface area contributed by atoms with Gasteiger partial charge in [-0.15, -0.1) is 11.3 Å². The number of hydrogen-bond donors (Lipinski definition) is 1. The predicted octanol–water partition coefficient (Wildman–Crippen LogP) is 3.48. The molecule has 3 rings (SSSR count). The molecule has 0 fully saturated rings. The fourth-order valence-corrected chi connectivity index (χ4v) is 4.01. The number of anilines is 1. The van der Waals surface area contributed by atoms with E-state index in [0.29, 0.717) is 6.54 Å². The first-order valence-electron chi connectivity index (χ1n) is 6.60. The number of hydrogen-bond acceptors (Lipinski definition) is 3. The molecule has 1 heterocycles. The molecule has 2 aromatic rings. The molecule has 0 unspecified atom stereocenters. The molecule has 0 spiro atoms. The van der Waals surface area contributed by atoms with E-state index in [1.807, 2.05) is 18.4 Å². The number of nitrogens with zero attached hydrogens (tertiary/aromatic N) is 1. The molecule has 0 saturated carbocycles. The summed E-state index contributed by atoms with van der Waals surface area (Å²) in [7, 11) is 2.02. The van der Waals surface area contributed by atoms with Crippen molar-refractivity contribution in [2.24, 2.45) is 0 Å². The Labute approximate surface area is 118 Å². The van der Waals surface area contributed by atoms with Gasteiger partial charge in [-0.1, -0.05) is 19.9 Å². The van der Waals surface area contributed by atoms with Crippen LogP contribution in [0.5, 0.6) is 0 Å². The Morgan fingerprint density at radius 2 is 2.00 bits per heavy atom. The zero-order chi connectivity index (χ0) is 13.6. The van der Waals surface area contributed by atoms with Crippen LogP contribution in [0.3, 0.4) is 0 Å². The Morgan fingerprint density at radius 3 is 2.74 bits per heavy atom. The van der Waals surface area contributed by atoms with Crippen LogP contribution in [0, 0.1) is 0 Å². The summed E-state index contributed by atoms with van der Waals surface area (Å²) in [4.78, 5) is 3.51. The number of fused-ring (bicyclic) bond motifs is 3. The summed E-state index contributed by atoms with van der Waals surface area (Å²) < 4.78 is 0. The van der Waals surface area contributed by atoms with Gasteiger partial charge in [0.1, 0.15) is 0 Å². The monoisotopic (exact) mass is 273 g/mol. The van der Waals surface area contributed by atoms with Crippen LogP contribution in [0.4, 0.5) is 5.69 Å². The van der Waals surface area contributed by atoms with Crippen LogP contribution in [0.25, 0.3) is 10.4 Å². The average molecular weight is 273 g/mol. The van der Waals surface area contributed by atoms with Crippen molar-refractivity contribution in [1.82, 2.24) is 0 Å². The van der Waals surface area contributed by atoms with Crippen LogP contribution in [-0.2, 0) is 5.41 Å². The van der Waals surface area contributed by atoms with Crippen molar-refractivity contribution < 1.29 is 5.11 Å². The SMILES string of the molecule is CN(CCO)c1ccc2c(c1)C(C)(C)c1ccsc1-2. The molecule has 3 heteroatoms. The normalized spacial score (nSPS) is 15.2. The number of benzene rings is 1. The maximum atomic E-state index is 9.06. The van der Waals surface area contributed by atoms with Gasteiger partial charge in [0.2, 0.25) is 0 Å². The summed E-state index contributed by atoms with van der Waals surface area (Å²) in [5.74, 6) is 0. The third-order valence-corrected chi connectivity index (χ3v) is 5.08. The maximum Gasteiger partial charge on any atom is 0.0606 e. The van der Waals surface area contributed by atoms with E-state index in [9.17, 15) is 0 Å². The Hall–Kier alpha value is -1.32. The molecule has 2 nitrogen and oxygen atoms in total. The predicted molar refractivity (Wildman–Crippen MR) is 82.2 cm³/mol. The Balaban J connectivity index is 2.10. The molecule has 0 amide bonds. The lowest BCUT2D eigenvalue weighted by Crippen LogP contribution is -2.22. The van der Waals surface area contributed by atoms with Crippen molar-refractivity contribution in [3.63, 3.8) is 0 Å². The molecule has 0 atom stereocenters. The van der Waals surface area contributed by atoms with Crippen LogP contribution in [-0.4, -0.2) is 25.3 Å². The molecule has 1 N–H and O–H groups in total. The molecule has 19 heavy (non-hydrogen) atoms. The van der Waals surface area contributed by atoms with Gasteiger partial charge < -0.3 is 10.0 Å². The minimum atomic E-state index is 0.0841. The molecular formula is C16H19NOS. The summed E-state index contributed by atoms with van der Waals surface area (Å²) >= 11 is 1.83. The first-order valence-corrected chi connectivity index (χ1v) is 7.48. The van der Waals surface area contributed by atoms with Gasteiger partial charge in [0.25, 0.3) is 0 Å². The van der Waals surface area contributed by atoms with Crippen LogP contribution in [0.2, 0.25) is 0 Å². The molecule has 1 aliphatic rings. The van der Waals surface area contributed by atoms with Crippen molar-refractivity contribution in [2.75, 3.05) is 25.1 Å². The number of thiophene rings is 1. The topological polar surface area (TPSA) is 23.5 Å². The van der Waals surface area contributed by atoms with E-state index in [-0.39, 0.29) is 12.0 Å². The highest BCUT2D eigenvalue weighted by Gasteiger charge is 2.36. The quantitative estimate of drug-likeness (QED) is 0.925. The molecule has 100 valence electrons. The van der Waals surface area contributed by atoms with Crippen molar-refractivity contribution in [1.29, 1.82) is 0 Å². The summed E-state index contributed by atoms with van der Waals surface area (Å²) in [6.07, 6.45) is 0. The molecular weight excluding hydrogens is 254 g/mol. The van der Waals surface area contributed by atoms with Crippen LogP contribution in [0.1, 0.15) is 25.0 Å². The minimum Gasteiger partial charge on any atom is -0.395 e. The summed E-state index contributed by atoms with van der Waals surface area (Å²) in [6, 6.07) is 8.90. The smallest absolute Gasteiger partial charge is 0.0606 e. The van der Waals surface area contributed by atoms with Gasteiger partial charge in [-0.2, -0.15) is 0 Å². The van der Waals surface area contributed by atoms with Gasteiger partial charge in [0, 0.05) is 29.6 Å². The van der Waals surface area contributed by atoms with Gasteiger partial charge in [-0.3, -0.25) is 0 Å². The highest BCUT2D eigenvalue weighted by molar-refractivity contribution is 7.13. The zero-order valence-corrected chi connectivity index (χ0v) is 12.4. The molecule has 1 aromatic carbocycles. The van der Waals surface area contributed by atoms with Crippen LogP contribution < -0.4 is 4.90 Å². The molecule has 1 aliphatic carbocycles. The summed E-state index contributed by atoms with van der Waals surface area (Å²) in [5, 5.41) is 11.2. The summed E-state index contributed by atoms with van der Waals surface area (Å²) in [5.41, 5.74) is 5.47. The second-order valence-electron chi connectivity index (χ2n) is 5.66. The van der Waals surface area contributed by atoms with E-state index in [4.69, 9.17) is 5.11 Å². The van der Waals surface area contributed by atoms with Crippen molar-refractivity contribution in [3.8, 4) is 10.4 Å². The number of aliphatic hydroxyl groups is 1. The lowest BCUT2D eigenvalue weighted by atomic mass is 9.83. The molecule has 0 saturated heterocycles. The number of likely N-dealkylation sites (N-methyl/N-ethyl adjacent to an activating group) is 1. The van der Waals surface area contributed by atoms with Crippen molar-refractivity contribution in [2.45, 2.75) is 19.3 Å². The van der Waals surface area contributed by atoms with E-state index in [0.717, 1.165) is 0 Å². The lowest BCUT2D eigenvalue weighted by molar-refractivity contribution is 0.304. The van der Waals surface area contributed by atoms with E-state index in [1.165, 1.54) is 27.3 Å². The largest absolute Gasteiger partial charge is 0.395 e. The first-order chi connectivity index (χ1) is 9.05. The van der Waals surface area contributed by atoms with Crippen LogP contribution in [0.15, 0.2) is 29.6 Å². The van der Waals surface area contributed by atoms with Gasteiger partial charge in [-0.25, -0.2) is 0 Å². The third kappa shape index (κ3) is 1.80. The number of rotatable bonds is 3. The van der Waals surface area contributed by atoms with E-state index >= 15 is 0 Å². The molecule has 0 radical (unpaired) electrons. The van der Waals surface area contributed by atoms with Crippen LogP contribution >= 0.6 is 11.3 Å². The molecule has 0 bridgehead atoms. The zero-order valence-electron chi connectivity index (χ0n) is 11.6. The van der Waals surface area contributed by atoms with Crippen molar-refractivity contribution >= 4 is 17.0 Å². The Kier molecular flexibility index (Phi) is 2.91. The Morgan fingerprint density at radius 1 is 1.21 bits per heavy atom. The highest BCUT2D eigenvalue weighted by atomic mass is 32.1. The Bertz CT molecular complexity index is 615. The number of aliphatic hydroxyl groups excluding tert-OH is 1. The van der Waals surface area contributed by atoms with E-state index in [1.54, 1.807) is 0 Å². The first kappa shape index (κ1) is 12.7. The fraction of sp³-hybridized carbons (Fsp3) is 0.375. The third-order valence-electron chi connectivity index (χ3n) is 4.14. The van der Waals surface area contributed by atoms with Crippen molar-refractivity contribution in [3.05, 3.63) is 40.8 Å². The van der Waals surface area contributed by atoms with Gasteiger partial charge >= 0.3 is 0 Å². The lowest BCUT2D eigenvalue weighted by Gasteiger charge is -2.24. The molecule has 1 aromatic heterocycles. The fourth-order valence-electron chi connectivity index (χ4n) is 2.92. The van der Waals surface area contributed by atoms with Gasteiger partial charge in [0.15, 0.2) is 0 Å². The average Bonchev–Trinajstić information content (AvgIpc) is 2.94. The summed E-state index contributed by atoms with van der Waals surface area (Å²) in [6.45, 7) is 5.44. The second kappa shape index (κ2) is 4.36. The second-order valence-corrected chi connectivity index (χ2v) is 6.58. The highest BCUT2D eigenvalue weighted by Crippen LogP contribution is 2.51. The minimum absolute atomic E-state index is 0.0841. The molecule has 0 aliphatic heterocycles. The maximum absolute atomic E-state index is 9.06.